The maximum atomic E-state index is 12.9. The highest BCUT2D eigenvalue weighted by molar-refractivity contribution is 6.43. The summed E-state index contributed by atoms with van der Waals surface area (Å²) >= 11 is 12.6. The van der Waals surface area contributed by atoms with E-state index in [0.29, 0.717) is 65.2 Å². The van der Waals surface area contributed by atoms with Crippen molar-refractivity contribution in [2.24, 2.45) is 5.41 Å². The van der Waals surface area contributed by atoms with Crippen LogP contribution in [0, 0.1) is 23.7 Å². The number of aryl methyl sites for hydroxylation is 1. The molecule has 2 aromatic heterocycles. The van der Waals surface area contributed by atoms with E-state index in [2.05, 4.69) is 16.0 Å². The van der Waals surface area contributed by atoms with Crippen LogP contribution in [-0.2, 0) is 11.2 Å². The Morgan fingerprint density at radius 3 is 2.71 bits per heavy atom. The molecule has 0 amide bonds. The first-order valence-corrected chi connectivity index (χ1v) is 11.7. The number of piperidine rings is 1. The Labute approximate surface area is 207 Å². The summed E-state index contributed by atoms with van der Waals surface area (Å²) in [7, 11) is 0. The highest BCUT2D eigenvalue weighted by Gasteiger charge is 2.37. The number of nitrogens with zero attached hydrogens (tertiary/aromatic N) is 5. The number of rotatable bonds is 6. The minimum atomic E-state index is -0.566. The largest absolute Gasteiger partial charge is 0.461 e. The summed E-state index contributed by atoms with van der Waals surface area (Å²) < 4.78 is 10.3. The number of ether oxygens (including phenoxy) is 1. The number of hydrogen-bond donors (Lipinski definition) is 0. The van der Waals surface area contributed by atoms with Crippen LogP contribution < -0.4 is 4.90 Å². The smallest absolute Gasteiger partial charge is 0.360 e. The zero-order chi connectivity index (χ0) is 24.3. The second-order valence-electron chi connectivity index (χ2n) is 8.19. The molecule has 1 aliphatic rings. The van der Waals surface area contributed by atoms with Gasteiger partial charge in [0.2, 0.25) is 0 Å². The van der Waals surface area contributed by atoms with E-state index < -0.39 is 11.4 Å². The predicted molar refractivity (Wildman–Crippen MR) is 128 cm³/mol. The molecule has 8 nitrogen and oxygen atoms in total. The molecule has 1 saturated heterocycles. The lowest BCUT2D eigenvalue weighted by Crippen LogP contribution is -2.42. The van der Waals surface area contributed by atoms with Crippen LogP contribution in [0.15, 0.2) is 35.3 Å². The van der Waals surface area contributed by atoms with Crippen LogP contribution in [0.2, 0.25) is 10.0 Å². The summed E-state index contributed by atoms with van der Waals surface area (Å²) in [5.74, 6) is -0.130. The third-order valence-corrected chi connectivity index (χ3v) is 6.81. The van der Waals surface area contributed by atoms with E-state index >= 15 is 0 Å². The van der Waals surface area contributed by atoms with Crippen molar-refractivity contribution in [2.75, 3.05) is 24.6 Å². The number of hydrogen-bond acceptors (Lipinski definition) is 8. The van der Waals surface area contributed by atoms with Crippen LogP contribution in [0.4, 0.5) is 5.82 Å². The van der Waals surface area contributed by atoms with Crippen molar-refractivity contribution in [3.63, 3.8) is 0 Å². The van der Waals surface area contributed by atoms with Crippen molar-refractivity contribution in [2.45, 2.75) is 33.1 Å². The minimum Gasteiger partial charge on any atom is -0.461 e. The standard InChI is InChI=1S/C24H23Cl2N5O3/c1-3-34-23(32)21-22(29-15(2)20(30-21)17-5-4-6-18(25)19(17)26)31-9-7-24(13-27,8-10-31)11-16-12-33-14-28-16/h4-6,12,14H,3,7-11H2,1-2H3. The van der Waals surface area contributed by atoms with Crippen molar-refractivity contribution in [3.8, 4) is 17.3 Å². The molecule has 4 rings (SSSR count). The molecule has 3 aromatic rings. The zero-order valence-corrected chi connectivity index (χ0v) is 20.4. The maximum Gasteiger partial charge on any atom is 0.360 e. The molecule has 0 unspecified atom stereocenters. The lowest BCUT2D eigenvalue weighted by atomic mass is 9.76. The summed E-state index contributed by atoms with van der Waals surface area (Å²) in [5, 5.41) is 10.6. The van der Waals surface area contributed by atoms with E-state index in [4.69, 9.17) is 37.3 Å². The van der Waals surface area contributed by atoms with Gasteiger partial charge in [-0.05, 0) is 32.8 Å². The summed E-state index contributed by atoms with van der Waals surface area (Å²) in [4.78, 5) is 28.4. The van der Waals surface area contributed by atoms with E-state index in [-0.39, 0.29) is 12.3 Å². The van der Waals surface area contributed by atoms with Gasteiger partial charge in [0.15, 0.2) is 17.9 Å². The average Bonchev–Trinajstić information content (AvgIpc) is 3.34. The first-order valence-electron chi connectivity index (χ1n) is 10.9. The maximum absolute atomic E-state index is 12.9. The third-order valence-electron chi connectivity index (χ3n) is 5.99. The molecule has 1 fully saturated rings. The van der Waals surface area contributed by atoms with Crippen LogP contribution in [-0.4, -0.2) is 40.6 Å². The van der Waals surface area contributed by atoms with E-state index in [1.807, 2.05) is 11.8 Å². The summed E-state index contributed by atoms with van der Waals surface area (Å²) in [6, 6.07) is 7.71. The van der Waals surface area contributed by atoms with Gasteiger partial charge in [0.1, 0.15) is 6.26 Å². The van der Waals surface area contributed by atoms with Gasteiger partial charge in [0, 0.05) is 25.1 Å². The number of halogens is 2. The molecule has 0 aliphatic carbocycles. The topological polar surface area (TPSA) is 105 Å². The van der Waals surface area contributed by atoms with Gasteiger partial charge in [0.05, 0.1) is 45.2 Å². The van der Waals surface area contributed by atoms with Crippen LogP contribution >= 0.6 is 23.2 Å². The van der Waals surface area contributed by atoms with E-state index in [1.165, 1.54) is 6.39 Å². The van der Waals surface area contributed by atoms with Gasteiger partial charge in [-0.25, -0.2) is 19.7 Å². The molecule has 0 saturated carbocycles. The SMILES string of the molecule is CCOC(=O)c1nc(-c2cccc(Cl)c2Cl)c(C)nc1N1CCC(C#N)(Cc2cocn2)CC1. The summed E-state index contributed by atoms with van der Waals surface area (Å²) in [5.41, 5.74) is 1.96. The Morgan fingerprint density at radius 1 is 1.29 bits per heavy atom. The number of nitriles is 1. The molecular formula is C24H23Cl2N5O3. The zero-order valence-electron chi connectivity index (χ0n) is 18.8. The van der Waals surface area contributed by atoms with Gasteiger partial charge in [-0.15, -0.1) is 0 Å². The van der Waals surface area contributed by atoms with Gasteiger partial charge in [0.25, 0.3) is 0 Å². The Balaban J connectivity index is 1.68. The molecule has 176 valence electrons. The summed E-state index contributed by atoms with van der Waals surface area (Å²) in [6.07, 6.45) is 4.62. The molecule has 0 spiro atoms. The predicted octanol–water partition coefficient (Wildman–Crippen LogP) is 5.28. The van der Waals surface area contributed by atoms with Crippen molar-refractivity contribution in [1.82, 2.24) is 15.0 Å². The fourth-order valence-electron chi connectivity index (χ4n) is 4.15. The molecule has 0 radical (unpaired) electrons. The lowest BCUT2D eigenvalue weighted by Gasteiger charge is -2.38. The monoisotopic (exact) mass is 499 g/mol. The van der Waals surface area contributed by atoms with Crippen molar-refractivity contribution in [1.29, 1.82) is 5.26 Å². The van der Waals surface area contributed by atoms with Crippen molar-refractivity contribution >= 4 is 35.0 Å². The lowest BCUT2D eigenvalue weighted by molar-refractivity contribution is 0.0519. The molecule has 1 aromatic carbocycles. The molecule has 10 heteroatoms. The van der Waals surface area contributed by atoms with E-state index in [0.717, 1.165) is 5.69 Å². The minimum absolute atomic E-state index is 0.111. The Kier molecular flexibility index (Phi) is 7.05. The Morgan fingerprint density at radius 2 is 2.06 bits per heavy atom. The number of carbonyl (C=O) groups is 1. The second-order valence-corrected chi connectivity index (χ2v) is 8.97. The average molecular weight is 500 g/mol. The Hall–Kier alpha value is -3.15. The van der Waals surface area contributed by atoms with Crippen LogP contribution in [0.3, 0.4) is 0 Å². The van der Waals surface area contributed by atoms with Gasteiger partial charge < -0.3 is 14.1 Å². The van der Waals surface area contributed by atoms with E-state index in [9.17, 15) is 10.1 Å². The molecule has 34 heavy (non-hydrogen) atoms. The quantitative estimate of drug-likeness (QED) is 0.421. The molecule has 1 aliphatic heterocycles. The van der Waals surface area contributed by atoms with E-state index in [1.54, 1.807) is 31.4 Å². The van der Waals surface area contributed by atoms with Gasteiger partial charge in [-0.2, -0.15) is 5.26 Å². The molecule has 0 N–H and O–H groups in total. The fraction of sp³-hybridized carbons (Fsp3) is 0.375. The summed E-state index contributed by atoms with van der Waals surface area (Å²) in [6.45, 7) is 4.81. The van der Waals surface area contributed by atoms with Crippen molar-refractivity contribution in [3.05, 3.63) is 58.0 Å². The number of esters is 1. The molecule has 3 heterocycles. The number of carbonyl (C=O) groups excluding carboxylic acids is 1. The second kappa shape index (κ2) is 10.00. The first kappa shape index (κ1) is 24.0. The number of benzene rings is 1. The van der Waals surface area contributed by atoms with Crippen LogP contribution in [0.25, 0.3) is 11.3 Å². The third kappa shape index (κ3) is 4.72. The van der Waals surface area contributed by atoms with Crippen LogP contribution in [0.5, 0.6) is 0 Å². The molecule has 0 bridgehead atoms. The van der Waals surface area contributed by atoms with Gasteiger partial charge >= 0.3 is 5.97 Å². The first-order chi connectivity index (χ1) is 16.4. The van der Waals surface area contributed by atoms with Crippen molar-refractivity contribution < 1.29 is 13.9 Å². The van der Waals surface area contributed by atoms with Gasteiger partial charge in [-0.1, -0.05) is 35.3 Å². The van der Waals surface area contributed by atoms with Crippen LogP contribution in [0.1, 0.15) is 41.6 Å². The number of oxazole rings is 1. The number of aromatic nitrogens is 3. The Bertz CT molecular complexity index is 1230. The fourth-order valence-corrected chi connectivity index (χ4v) is 4.54. The molecule has 0 atom stereocenters. The number of anilines is 1. The highest BCUT2D eigenvalue weighted by atomic mass is 35.5. The molecular weight excluding hydrogens is 477 g/mol. The van der Waals surface area contributed by atoms with Gasteiger partial charge in [-0.3, -0.25) is 0 Å². The normalized spacial score (nSPS) is 15.1. The highest BCUT2D eigenvalue weighted by Crippen LogP contribution is 2.38.